The van der Waals surface area contributed by atoms with Crippen molar-refractivity contribution in [3.63, 3.8) is 0 Å². The van der Waals surface area contributed by atoms with Crippen molar-refractivity contribution in [2.75, 3.05) is 19.6 Å². The Hall–Kier alpha value is -1.04. The van der Waals surface area contributed by atoms with Crippen LogP contribution in [0.4, 0.5) is 4.79 Å². The zero-order valence-electron chi connectivity index (χ0n) is 12.3. The fourth-order valence-electron chi connectivity index (χ4n) is 2.16. The van der Waals surface area contributed by atoms with Crippen LogP contribution in [0.25, 0.3) is 0 Å². The molecule has 5 nitrogen and oxygen atoms in total. The van der Waals surface area contributed by atoms with Gasteiger partial charge in [-0.2, -0.15) is 0 Å². The number of aromatic nitrogens is 1. The van der Waals surface area contributed by atoms with E-state index in [1.165, 1.54) is 0 Å². The molecular weight excluding hydrogens is 313 g/mol. The van der Waals surface area contributed by atoms with Crippen LogP contribution >= 0.6 is 23.2 Å². The van der Waals surface area contributed by atoms with Crippen molar-refractivity contribution in [2.45, 2.75) is 32.4 Å². The lowest BCUT2D eigenvalue weighted by Crippen LogP contribution is -2.50. The number of amides is 1. The number of piperazine rings is 1. The van der Waals surface area contributed by atoms with Gasteiger partial charge in [-0.15, -0.1) is 0 Å². The first-order chi connectivity index (χ1) is 9.78. The van der Waals surface area contributed by atoms with Crippen molar-refractivity contribution in [3.05, 3.63) is 28.0 Å². The Balaban J connectivity index is 2.22. The fourth-order valence-corrected chi connectivity index (χ4v) is 2.44. The second-order valence-corrected chi connectivity index (χ2v) is 6.70. The van der Waals surface area contributed by atoms with Crippen LogP contribution < -0.4 is 5.32 Å². The first kappa shape index (κ1) is 16.3. The lowest BCUT2D eigenvalue weighted by molar-refractivity contribution is 0.0117. The number of carbonyl (C=O) groups excluding carboxylic acids is 1. The molecule has 1 aromatic heterocycles. The van der Waals surface area contributed by atoms with Crippen LogP contribution in [0.5, 0.6) is 0 Å². The number of halogens is 2. The molecule has 7 heteroatoms. The summed E-state index contributed by atoms with van der Waals surface area (Å²) < 4.78 is 5.46. The molecular formula is C14H19Cl2N3O2. The van der Waals surface area contributed by atoms with Crippen LogP contribution in [-0.2, 0) is 4.74 Å². The van der Waals surface area contributed by atoms with Crippen LogP contribution in [0.2, 0.25) is 10.2 Å². The summed E-state index contributed by atoms with van der Waals surface area (Å²) >= 11 is 11.9. The monoisotopic (exact) mass is 331 g/mol. The van der Waals surface area contributed by atoms with E-state index in [2.05, 4.69) is 10.3 Å². The number of rotatable bonds is 1. The van der Waals surface area contributed by atoms with Gasteiger partial charge in [0.2, 0.25) is 0 Å². The maximum Gasteiger partial charge on any atom is 0.410 e. The molecule has 2 rings (SSSR count). The largest absolute Gasteiger partial charge is 0.444 e. The second kappa shape index (κ2) is 6.38. The number of nitrogens with one attached hydrogen (secondary N) is 1. The maximum absolute atomic E-state index is 12.3. The first-order valence-corrected chi connectivity index (χ1v) is 7.55. The fraction of sp³-hybridized carbons (Fsp3) is 0.571. The molecule has 1 aliphatic rings. The third kappa shape index (κ3) is 4.22. The third-order valence-corrected chi connectivity index (χ3v) is 3.76. The van der Waals surface area contributed by atoms with Crippen LogP contribution in [0, 0.1) is 0 Å². The van der Waals surface area contributed by atoms with Gasteiger partial charge in [-0.3, -0.25) is 4.90 Å². The highest BCUT2D eigenvalue weighted by molar-refractivity contribution is 6.41. The van der Waals surface area contributed by atoms with Gasteiger partial charge in [0.05, 0.1) is 11.1 Å². The zero-order chi connectivity index (χ0) is 15.6. The summed E-state index contributed by atoms with van der Waals surface area (Å²) in [4.78, 5) is 18.1. The molecule has 0 aliphatic carbocycles. The van der Waals surface area contributed by atoms with Gasteiger partial charge in [-0.05, 0) is 32.4 Å². The minimum Gasteiger partial charge on any atom is -0.444 e. The average molecular weight is 332 g/mol. The lowest BCUT2D eigenvalue weighted by atomic mass is 10.1. The first-order valence-electron chi connectivity index (χ1n) is 6.79. The highest BCUT2D eigenvalue weighted by atomic mass is 35.5. The Bertz CT molecular complexity index is 531. The Morgan fingerprint density at radius 2 is 2.19 bits per heavy atom. The summed E-state index contributed by atoms with van der Waals surface area (Å²) in [5.41, 5.74) is 0.310. The SMILES string of the molecule is CC(C)(C)OC(=O)N1CCNCC1c1cnc(Cl)c(Cl)c1. The van der Waals surface area contributed by atoms with E-state index in [9.17, 15) is 4.79 Å². The number of hydrogen-bond donors (Lipinski definition) is 1. The molecule has 1 unspecified atom stereocenters. The third-order valence-electron chi connectivity index (χ3n) is 3.07. The van der Waals surface area contributed by atoms with E-state index in [4.69, 9.17) is 27.9 Å². The number of carbonyl (C=O) groups is 1. The second-order valence-electron chi connectivity index (χ2n) is 5.93. The van der Waals surface area contributed by atoms with E-state index in [-0.39, 0.29) is 17.3 Å². The predicted molar refractivity (Wildman–Crippen MR) is 82.8 cm³/mol. The van der Waals surface area contributed by atoms with Crippen LogP contribution in [-0.4, -0.2) is 41.2 Å². The summed E-state index contributed by atoms with van der Waals surface area (Å²) in [7, 11) is 0. The summed E-state index contributed by atoms with van der Waals surface area (Å²) in [5.74, 6) is 0. The van der Waals surface area contributed by atoms with Crippen molar-refractivity contribution in [2.24, 2.45) is 0 Å². The van der Waals surface area contributed by atoms with Crippen molar-refractivity contribution < 1.29 is 9.53 Å². The summed E-state index contributed by atoms with van der Waals surface area (Å²) in [6.07, 6.45) is 1.31. The Labute approximate surface area is 134 Å². The van der Waals surface area contributed by atoms with Gasteiger partial charge in [-0.1, -0.05) is 23.2 Å². The summed E-state index contributed by atoms with van der Waals surface area (Å²) in [5, 5.41) is 3.90. The molecule has 1 saturated heterocycles. The molecule has 0 spiro atoms. The molecule has 0 aromatic carbocycles. The van der Waals surface area contributed by atoms with Gasteiger partial charge < -0.3 is 10.1 Å². The molecule has 1 aliphatic heterocycles. The number of hydrogen-bond acceptors (Lipinski definition) is 4. The molecule has 1 amide bonds. The quantitative estimate of drug-likeness (QED) is 0.802. The molecule has 1 N–H and O–H groups in total. The van der Waals surface area contributed by atoms with E-state index in [1.807, 2.05) is 20.8 Å². The van der Waals surface area contributed by atoms with Gasteiger partial charge in [0, 0.05) is 25.8 Å². The highest BCUT2D eigenvalue weighted by Crippen LogP contribution is 2.28. The van der Waals surface area contributed by atoms with Crippen LogP contribution in [0.3, 0.4) is 0 Å². The van der Waals surface area contributed by atoms with Gasteiger partial charge in [0.1, 0.15) is 10.8 Å². The van der Waals surface area contributed by atoms with E-state index < -0.39 is 5.60 Å². The molecule has 0 radical (unpaired) electrons. The van der Waals surface area contributed by atoms with Gasteiger partial charge in [0.15, 0.2) is 0 Å². The molecule has 116 valence electrons. The normalized spacial score (nSPS) is 19.5. The molecule has 21 heavy (non-hydrogen) atoms. The zero-order valence-corrected chi connectivity index (χ0v) is 13.8. The lowest BCUT2D eigenvalue weighted by Gasteiger charge is -2.37. The van der Waals surface area contributed by atoms with E-state index in [0.717, 1.165) is 12.1 Å². The Morgan fingerprint density at radius 1 is 1.48 bits per heavy atom. The summed E-state index contributed by atoms with van der Waals surface area (Å²) in [6.45, 7) is 7.47. The molecule has 1 aromatic rings. The summed E-state index contributed by atoms with van der Waals surface area (Å²) in [6, 6.07) is 1.57. The number of ether oxygens (including phenoxy) is 1. The molecule has 2 heterocycles. The minimum atomic E-state index is -0.525. The van der Waals surface area contributed by atoms with Gasteiger partial charge in [0.25, 0.3) is 0 Å². The standard InChI is InChI=1S/C14H19Cl2N3O2/c1-14(2,3)21-13(20)19-5-4-17-8-11(19)9-6-10(15)12(16)18-7-9/h6-7,11,17H,4-5,8H2,1-3H3. The Kier molecular flexibility index (Phi) is 4.96. The van der Waals surface area contributed by atoms with E-state index in [0.29, 0.717) is 18.1 Å². The van der Waals surface area contributed by atoms with Crippen molar-refractivity contribution in [1.29, 1.82) is 0 Å². The highest BCUT2D eigenvalue weighted by Gasteiger charge is 2.31. The average Bonchev–Trinajstić information content (AvgIpc) is 2.40. The minimum absolute atomic E-state index is 0.170. The molecule has 1 fully saturated rings. The van der Waals surface area contributed by atoms with Crippen LogP contribution in [0.1, 0.15) is 32.4 Å². The molecule has 0 bridgehead atoms. The van der Waals surface area contributed by atoms with Crippen molar-refractivity contribution in [1.82, 2.24) is 15.2 Å². The predicted octanol–water partition coefficient (Wildman–Crippen LogP) is 3.27. The topological polar surface area (TPSA) is 54.5 Å². The number of pyridine rings is 1. The van der Waals surface area contributed by atoms with E-state index in [1.54, 1.807) is 17.2 Å². The van der Waals surface area contributed by atoms with Crippen LogP contribution in [0.15, 0.2) is 12.3 Å². The van der Waals surface area contributed by atoms with Crippen molar-refractivity contribution in [3.8, 4) is 0 Å². The number of nitrogens with zero attached hydrogens (tertiary/aromatic N) is 2. The van der Waals surface area contributed by atoms with Gasteiger partial charge in [-0.25, -0.2) is 9.78 Å². The van der Waals surface area contributed by atoms with Gasteiger partial charge >= 0.3 is 6.09 Å². The smallest absolute Gasteiger partial charge is 0.410 e. The van der Waals surface area contributed by atoms with E-state index >= 15 is 0 Å². The van der Waals surface area contributed by atoms with Crippen molar-refractivity contribution >= 4 is 29.3 Å². The maximum atomic E-state index is 12.3. The molecule has 0 saturated carbocycles. The Morgan fingerprint density at radius 3 is 2.81 bits per heavy atom. The molecule has 1 atom stereocenters.